The molecule has 3 aliphatic rings. The van der Waals surface area contributed by atoms with Crippen LogP contribution in [0.25, 0.3) is 11.3 Å². The minimum atomic E-state index is -0.338. The van der Waals surface area contributed by atoms with Crippen molar-refractivity contribution in [2.24, 2.45) is 0 Å². The number of aromatic nitrogens is 5. The predicted molar refractivity (Wildman–Crippen MR) is 220 cm³/mol. The maximum atomic E-state index is 15.2. The third-order valence-corrected chi connectivity index (χ3v) is 12.0. The molecule has 0 spiro atoms. The smallest absolute Gasteiger partial charge is 0.320 e. The number of pyridine rings is 1. The molecule has 0 saturated carbocycles. The van der Waals surface area contributed by atoms with Gasteiger partial charge in [0.2, 0.25) is 5.95 Å². The molecular formula is C44H56FN9O3. The van der Waals surface area contributed by atoms with Crippen LogP contribution in [0.4, 0.5) is 21.0 Å². The molecule has 2 aliphatic heterocycles. The van der Waals surface area contributed by atoms with Gasteiger partial charge in [-0.25, -0.2) is 13.9 Å². The molecule has 2 N–H and O–H groups in total. The van der Waals surface area contributed by atoms with Gasteiger partial charge in [-0.1, -0.05) is 45.0 Å². The molecule has 0 unspecified atom stereocenters. The number of piperidine rings is 2. The number of ether oxygens (including phenoxy) is 2. The number of methoxy groups -OCH3 is 1. The number of likely N-dealkylation sites (tertiary alicyclic amines) is 1. The number of carbonyl (C=O) groups excluding carboxylic acids is 1. The fourth-order valence-corrected chi connectivity index (χ4v) is 8.58. The van der Waals surface area contributed by atoms with E-state index in [-0.39, 0.29) is 29.4 Å². The first kappa shape index (κ1) is 38.8. The molecule has 0 bridgehead atoms. The predicted octanol–water partition coefficient (Wildman–Crippen LogP) is 8.16. The molecule has 2 amide bonds. The molecule has 3 atom stereocenters. The number of hydrogen-bond donors (Lipinski definition) is 2. The lowest BCUT2D eigenvalue weighted by Crippen LogP contribution is -2.38. The fourth-order valence-electron chi connectivity index (χ4n) is 8.58. The molecule has 2 saturated heterocycles. The third kappa shape index (κ3) is 8.50. The Morgan fingerprint density at radius 1 is 0.930 bits per heavy atom. The van der Waals surface area contributed by atoms with Gasteiger partial charge in [-0.15, -0.1) is 10.2 Å². The Labute approximate surface area is 334 Å². The van der Waals surface area contributed by atoms with Crippen molar-refractivity contribution in [1.82, 2.24) is 34.6 Å². The average molecular weight is 778 g/mol. The van der Waals surface area contributed by atoms with Crippen LogP contribution >= 0.6 is 0 Å². The first-order valence-corrected chi connectivity index (χ1v) is 20.6. The second-order valence-electron chi connectivity index (χ2n) is 17.0. The number of amides is 2. The molecule has 2 aromatic carbocycles. The zero-order chi connectivity index (χ0) is 39.7. The molecule has 12 nitrogen and oxygen atoms in total. The lowest BCUT2D eigenvalue weighted by atomic mass is 9.85. The quantitative estimate of drug-likeness (QED) is 0.146. The summed E-state index contributed by atoms with van der Waals surface area (Å²) in [5, 5.41) is 20.2. The number of carbonyl (C=O) groups is 1. The van der Waals surface area contributed by atoms with Crippen LogP contribution in [0.3, 0.4) is 0 Å². The number of halogens is 1. The molecule has 0 radical (unpaired) electrons. The summed E-state index contributed by atoms with van der Waals surface area (Å²) in [5.41, 5.74) is 4.72. The zero-order valence-electron chi connectivity index (χ0n) is 33.9. The van der Waals surface area contributed by atoms with Crippen molar-refractivity contribution in [1.29, 1.82) is 0 Å². The molecule has 8 rings (SSSR count). The van der Waals surface area contributed by atoms with Gasteiger partial charge in [0.05, 0.1) is 29.7 Å². The fraction of sp³-hybridized carbons (Fsp3) is 0.500. The summed E-state index contributed by atoms with van der Waals surface area (Å²) in [6.07, 6.45) is 9.59. The Hall–Kier alpha value is -5.01. The van der Waals surface area contributed by atoms with Gasteiger partial charge in [0.15, 0.2) is 5.65 Å². The molecule has 13 heteroatoms. The van der Waals surface area contributed by atoms with E-state index in [0.717, 1.165) is 86.0 Å². The second kappa shape index (κ2) is 16.5. The van der Waals surface area contributed by atoms with Gasteiger partial charge in [-0.3, -0.25) is 9.72 Å². The lowest BCUT2D eigenvalue weighted by Gasteiger charge is -2.33. The summed E-state index contributed by atoms with van der Waals surface area (Å²) >= 11 is 0. The third-order valence-electron chi connectivity index (χ3n) is 12.0. The van der Waals surface area contributed by atoms with Crippen LogP contribution in [-0.2, 0) is 16.6 Å². The normalized spacial score (nSPS) is 20.7. The van der Waals surface area contributed by atoms with Gasteiger partial charge >= 0.3 is 6.03 Å². The SMILES string of the molecule is COC1CCN(CCc2cc(-n3nc(C(C)(C)C)cc3NC(=O)N[C@H]3CC[C@@H](Oc4ccc5nnc(N6CCCC[C@@H]6C)n5c4)c4ccccc43)ccc2F)CC1. The first-order valence-electron chi connectivity index (χ1n) is 20.6. The highest BCUT2D eigenvalue weighted by Gasteiger charge is 2.31. The van der Waals surface area contributed by atoms with E-state index in [1.54, 1.807) is 17.9 Å². The number of benzene rings is 2. The van der Waals surface area contributed by atoms with E-state index in [2.05, 4.69) is 70.5 Å². The largest absolute Gasteiger partial charge is 0.484 e. The van der Waals surface area contributed by atoms with E-state index in [1.807, 2.05) is 47.0 Å². The highest BCUT2D eigenvalue weighted by Crippen LogP contribution is 2.39. The van der Waals surface area contributed by atoms with Gasteiger partial charge in [0, 0.05) is 50.8 Å². The first-order chi connectivity index (χ1) is 27.5. The van der Waals surface area contributed by atoms with Crippen molar-refractivity contribution in [3.8, 4) is 11.4 Å². The molecule has 302 valence electrons. The highest BCUT2D eigenvalue weighted by atomic mass is 19.1. The van der Waals surface area contributed by atoms with E-state index >= 15 is 4.39 Å². The average Bonchev–Trinajstić information content (AvgIpc) is 3.83. The minimum absolute atomic E-state index is 0.186. The number of nitrogens with one attached hydrogen (secondary N) is 2. The minimum Gasteiger partial charge on any atom is -0.484 e. The van der Waals surface area contributed by atoms with Crippen LogP contribution in [0.1, 0.15) is 107 Å². The topological polar surface area (TPSA) is 114 Å². The number of rotatable bonds is 10. The van der Waals surface area contributed by atoms with Crippen molar-refractivity contribution in [3.05, 3.63) is 95.1 Å². The van der Waals surface area contributed by atoms with Crippen molar-refractivity contribution in [2.45, 2.75) is 109 Å². The maximum absolute atomic E-state index is 15.2. The highest BCUT2D eigenvalue weighted by molar-refractivity contribution is 5.89. The number of hydrogen-bond acceptors (Lipinski definition) is 8. The number of nitrogens with zero attached hydrogens (tertiary/aromatic N) is 7. The van der Waals surface area contributed by atoms with E-state index in [1.165, 1.54) is 12.5 Å². The molecule has 1 aliphatic carbocycles. The van der Waals surface area contributed by atoms with Gasteiger partial charge in [0.1, 0.15) is 23.5 Å². The summed E-state index contributed by atoms with van der Waals surface area (Å²) in [6.45, 7) is 12.1. The Bertz CT molecular complexity index is 2190. The second-order valence-corrected chi connectivity index (χ2v) is 17.0. The molecule has 5 aromatic rings. The Kier molecular flexibility index (Phi) is 11.2. The van der Waals surface area contributed by atoms with Gasteiger partial charge in [-0.05, 0) is 105 Å². The number of fused-ring (bicyclic) bond motifs is 2. The Balaban J connectivity index is 0.970. The van der Waals surface area contributed by atoms with Gasteiger partial charge < -0.3 is 24.6 Å². The summed E-state index contributed by atoms with van der Waals surface area (Å²) < 4.78 is 31.1. The van der Waals surface area contributed by atoms with E-state index in [9.17, 15) is 4.79 Å². The summed E-state index contributed by atoms with van der Waals surface area (Å²) in [5.74, 6) is 1.88. The summed E-state index contributed by atoms with van der Waals surface area (Å²) in [7, 11) is 1.77. The van der Waals surface area contributed by atoms with Crippen LogP contribution < -0.4 is 20.3 Å². The molecule has 2 fully saturated rings. The van der Waals surface area contributed by atoms with Crippen LogP contribution in [0.15, 0.2) is 66.9 Å². The summed E-state index contributed by atoms with van der Waals surface area (Å²) in [6, 6.07) is 18.9. The van der Waals surface area contributed by atoms with E-state index in [0.29, 0.717) is 48.5 Å². The number of urea groups is 1. The van der Waals surface area contributed by atoms with E-state index < -0.39 is 0 Å². The summed E-state index contributed by atoms with van der Waals surface area (Å²) in [4.78, 5) is 18.6. The number of anilines is 2. The van der Waals surface area contributed by atoms with Gasteiger partial charge in [0.25, 0.3) is 0 Å². The van der Waals surface area contributed by atoms with Gasteiger partial charge in [-0.2, -0.15) is 5.10 Å². The lowest BCUT2D eigenvalue weighted by molar-refractivity contribution is 0.0414. The molecular weight excluding hydrogens is 722 g/mol. The molecule has 5 heterocycles. The van der Waals surface area contributed by atoms with Crippen molar-refractivity contribution >= 4 is 23.4 Å². The van der Waals surface area contributed by atoms with Crippen LogP contribution in [0.2, 0.25) is 0 Å². The molecule has 57 heavy (non-hydrogen) atoms. The van der Waals surface area contributed by atoms with Crippen LogP contribution in [0, 0.1) is 5.82 Å². The molecule has 3 aromatic heterocycles. The zero-order valence-corrected chi connectivity index (χ0v) is 33.9. The van der Waals surface area contributed by atoms with Crippen LogP contribution in [-0.4, -0.2) is 80.7 Å². The van der Waals surface area contributed by atoms with Crippen molar-refractivity contribution in [2.75, 3.05) is 43.5 Å². The van der Waals surface area contributed by atoms with Crippen LogP contribution in [0.5, 0.6) is 5.75 Å². The Morgan fingerprint density at radius 3 is 2.51 bits per heavy atom. The van der Waals surface area contributed by atoms with Crippen molar-refractivity contribution in [3.63, 3.8) is 0 Å². The standard InChI is InChI=1S/C44H56FN9O3/c1-29-10-8-9-22-52(29)43-49-48-40-18-14-33(28-53(40)43)57-38-17-16-37(34-11-6-7-12-35(34)38)46-42(55)47-41-27-39(44(2,3)4)50-54(41)31-13-15-36(45)30(26-31)19-23-51-24-20-32(56-5)21-25-51/h6-7,11-15,18,26-29,32,37-38H,8-10,16-17,19-25H2,1-5H3,(H2,46,47,55)/t29-,37-,38+/m0/s1. The monoisotopic (exact) mass is 777 g/mol. The maximum Gasteiger partial charge on any atom is 0.320 e. The van der Waals surface area contributed by atoms with Crippen molar-refractivity contribution < 1.29 is 18.7 Å². The van der Waals surface area contributed by atoms with E-state index in [4.69, 9.17) is 14.6 Å². The Morgan fingerprint density at radius 2 is 1.74 bits per heavy atom.